The maximum absolute atomic E-state index is 12.4. The van der Waals surface area contributed by atoms with Gasteiger partial charge in [0.15, 0.2) is 0 Å². The van der Waals surface area contributed by atoms with E-state index >= 15 is 0 Å². The minimum atomic E-state index is -0.771. The van der Waals surface area contributed by atoms with Gasteiger partial charge in [0.1, 0.15) is 6.61 Å². The first kappa shape index (κ1) is 23.4. The largest absolute Gasteiger partial charge is 0.481 e. The first-order valence-electron chi connectivity index (χ1n) is 12.6. The maximum atomic E-state index is 12.4. The number of nitrogens with one attached hydrogen (secondary N) is 2. The van der Waals surface area contributed by atoms with Crippen molar-refractivity contribution >= 4 is 18.0 Å². The summed E-state index contributed by atoms with van der Waals surface area (Å²) in [6.45, 7) is 0.856. The number of alkyl carbamates (subject to hydrolysis) is 1. The highest BCUT2D eigenvalue weighted by atomic mass is 16.5. The molecular weight excluding hydrogens is 444 g/mol. The summed E-state index contributed by atoms with van der Waals surface area (Å²) in [5.74, 6) is -0.374. The molecule has 2 saturated carbocycles. The van der Waals surface area contributed by atoms with Gasteiger partial charge in [-0.05, 0) is 66.2 Å². The van der Waals surface area contributed by atoms with Crippen molar-refractivity contribution in [2.24, 2.45) is 17.8 Å². The van der Waals surface area contributed by atoms with E-state index in [0.717, 1.165) is 19.3 Å². The van der Waals surface area contributed by atoms with Gasteiger partial charge in [0.05, 0.1) is 5.92 Å². The highest BCUT2D eigenvalue weighted by molar-refractivity contribution is 5.79. The predicted octanol–water partition coefficient (Wildman–Crippen LogP) is 4.31. The molecule has 7 nitrogen and oxygen atoms in total. The summed E-state index contributed by atoms with van der Waals surface area (Å²) in [6.07, 6.45) is 3.77. The van der Waals surface area contributed by atoms with Crippen LogP contribution in [0.1, 0.15) is 55.6 Å². The van der Waals surface area contributed by atoms with Crippen molar-refractivity contribution in [3.8, 4) is 11.1 Å². The zero-order chi connectivity index (χ0) is 24.4. The minimum Gasteiger partial charge on any atom is -0.481 e. The van der Waals surface area contributed by atoms with Crippen LogP contribution in [-0.2, 0) is 14.3 Å². The maximum Gasteiger partial charge on any atom is 0.407 e. The van der Waals surface area contributed by atoms with Crippen LogP contribution in [0.2, 0.25) is 0 Å². The molecule has 0 bridgehead atoms. The van der Waals surface area contributed by atoms with E-state index in [-0.39, 0.29) is 23.8 Å². The highest BCUT2D eigenvalue weighted by Gasteiger charge is 2.34. The van der Waals surface area contributed by atoms with Crippen LogP contribution in [0.15, 0.2) is 48.5 Å². The van der Waals surface area contributed by atoms with Crippen molar-refractivity contribution in [2.45, 2.75) is 50.5 Å². The molecule has 0 heterocycles. The van der Waals surface area contributed by atoms with E-state index in [4.69, 9.17) is 9.84 Å². The lowest BCUT2D eigenvalue weighted by molar-refractivity contribution is -0.141. The Morgan fingerprint density at radius 1 is 0.886 bits per heavy atom. The fraction of sp³-hybridized carbons (Fsp3) is 0.464. The normalized spacial score (nSPS) is 24.7. The van der Waals surface area contributed by atoms with E-state index in [2.05, 4.69) is 34.9 Å². The van der Waals surface area contributed by atoms with Crippen molar-refractivity contribution < 1.29 is 24.2 Å². The second-order valence-corrected chi connectivity index (χ2v) is 10.2. The molecule has 0 aliphatic heterocycles. The minimum absolute atomic E-state index is 0.00832. The molecule has 2 amide bonds. The van der Waals surface area contributed by atoms with Gasteiger partial charge >= 0.3 is 12.1 Å². The number of amides is 2. The molecule has 3 aliphatic rings. The van der Waals surface area contributed by atoms with Gasteiger partial charge in [-0.25, -0.2) is 4.79 Å². The Bertz CT molecular complexity index is 1060. The summed E-state index contributed by atoms with van der Waals surface area (Å²) in [6, 6.07) is 16.5. The van der Waals surface area contributed by atoms with Gasteiger partial charge < -0.3 is 20.5 Å². The number of hydrogen-bond donors (Lipinski definition) is 3. The van der Waals surface area contributed by atoms with Gasteiger partial charge in [-0.2, -0.15) is 0 Å². The number of aliphatic carboxylic acids is 1. The third-order valence-corrected chi connectivity index (χ3v) is 7.83. The Labute approximate surface area is 205 Å². The Kier molecular flexibility index (Phi) is 6.75. The van der Waals surface area contributed by atoms with Crippen molar-refractivity contribution in [1.29, 1.82) is 0 Å². The molecule has 0 spiro atoms. The third-order valence-electron chi connectivity index (χ3n) is 7.83. The number of carboxylic acids is 1. The lowest BCUT2D eigenvalue weighted by atomic mass is 9.73. The van der Waals surface area contributed by atoms with Gasteiger partial charge in [-0.15, -0.1) is 0 Å². The predicted molar refractivity (Wildman–Crippen MR) is 131 cm³/mol. The molecule has 2 aromatic rings. The fourth-order valence-corrected chi connectivity index (χ4v) is 5.97. The van der Waals surface area contributed by atoms with Crippen molar-refractivity contribution in [1.82, 2.24) is 10.6 Å². The quantitative estimate of drug-likeness (QED) is 0.527. The molecule has 0 saturated heterocycles. The number of carbonyl (C=O) groups is 3. The van der Waals surface area contributed by atoms with Crippen LogP contribution in [-0.4, -0.2) is 42.3 Å². The monoisotopic (exact) mass is 476 g/mol. The number of hydrogen-bond acceptors (Lipinski definition) is 4. The molecule has 7 heteroatoms. The number of carboxylic acid groups (broad SMARTS) is 1. The lowest BCUT2D eigenvalue weighted by Crippen LogP contribution is -2.40. The molecule has 35 heavy (non-hydrogen) atoms. The molecule has 184 valence electrons. The Balaban J connectivity index is 1.01. The van der Waals surface area contributed by atoms with Gasteiger partial charge in [0.2, 0.25) is 5.91 Å². The smallest absolute Gasteiger partial charge is 0.407 e. The third kappa shape index (κ3) is 5.19. The van der Waals surface area contributed by atoms with Gasteiger partial charge in [0, 0.05) is 24.9 Å². The van der Waals surface area contributed by atoms with Crippen molar-refractivity contribution in [3.05, 3.63) is 59.7 Å². The first-order chi connectivity index (χ1) is 17.0. The number of ether oxygens (including phenoxy) is 1. The zero-order valence-corrected chi connectivity index (χ0v) is 19.7. The Morgan fingerprint density at radius 3 is 2.17 bits per heavy atom. The van der Waals surface area contributed by atoms with Crippen LogP contribution in [0.25, 0.3) is 11.1 Å². The number of benzene rings is 2. The molecular formula is C28H32N2O5. The van der Waals surface area contributed by atoms with E-state index in [1.807, 2.05) is 24.3 Å². The molecule has 5 rings (SSSR count). The van der Waals surface area contributed by atoms with Crippen LogP contribution in [0, 0.1) is 17.8 Å². The highest BCUT2D eigenvalue weighted by Crippen LogP contribution is 2.44. The second-order valence-electron chi connectivity index (χ2n) is 10.2. The molecule has 2 fully saturated rings. The molecule has 2 aromatic carbocycles. The molecule has 0 radical (unpaired) electrons. The van der Waals surface area contributed by atoms with Gasteiger partial charge in [0.25, 0.3) is 0 Å². The number of carbonyl (C=O) groups excluding carboxylic acids is 2. The van der Waals surface area contributed by atoms with E-state index in [9.17, 15) is 14.4 Å². The second kappa shape index (κ2) is 10.1. The average molecular weight is 477 g/mol. The number of rotatable bonds is 8. The average Bonchev–Trinajstić information content (AvgIpc) is 3.42. The van der Waals surface area contributed by atoms with E-state index in [0.29, 0.717) is 44.2 Å². The zero-order valence-electron chi connectivity index (χ0n) is 19.7. The molecule has 3 aliphatic carbocycles. The Morgan fingerprint density at radius 2 is 1.54 bits per heavy atom. The van der Waals surface area contributed by atoms with Crippen LogP contribution >= 0.6 is 0 Å². The van der Waals surface area contributed by atoms with E-state index < -0.39 is 12.1 Å². The SMILES string of the molecule is O=C(CC1CC(CNC(=O)OCC2c3ccccc3-c3ccccc32)C1)N[C@@H]1CC[C@H](C(=O)O)C1. The first-order valence-corrected chi connectivity index (χ1v) is 12.6. The standard InChI is InChI=1S/C28H32N2O5/c31-26(30-20-10-9-19(14-20)27(32)33)13-17-11-18(12-17)15-29-28(34)35-16-25-23-7-3-1-5-21(23)22-6-2-4-8-24(22)25/h1-8,17-20,25H,9-16H2,(H,29,34)(H,30,31)(H,32,33)/t17?,18?,19-,20+/m0/s1. The molecule has 3 N–H and O–H groups in total. The van der Waals surface area contributed by atoms with Crippen molar-refractivity contribution in [3.63, 3.8) is 0 Å². The van der Waals surface area contributed by atoms with Gasteiger partial charge in [-0.1, -0.05) is 48.5 Å². The summed E-state index contributed by atoms with van der Waals surface area (Å²) in [5, 5.41) is 15.0. The lowest BCUT2D eigenvalue weighted by Gasteiger charge is -2.35. The van der Waals surface area contributed by atoms with Crippen molar-refractivity contribution in [2.75, 3.05) is 13.2 Å². The van der Waals surface area contributed by atoms with Crippen LogP contribution in [0.4, 0.5) is 4.79 Å². The fourth-order valence-electron chi connectivity index (χ4n) is 5.97. The molecule has 2 atom stereocenters. The summed E-state index contributed by atoms with van der Waals surface area (Å²) in [7, 11) is 0. The summed E-state index contributed by atoms with van der Waals surface area (Å²) >= 11 is 0. The number of fused-ring (bicyclic) bond motifs is 3. The molecule has 0 aromatic heterocycles. The van der Waals surface area contributed by atoms with Crippen LogP contribution in [0.5, 0.6) is 0 Å². The summed E-state index contributed by atoms with van der Waals surface area (Å²) in [4.78, 5) is 35.7. The molecule has 0 unspecified atom stereocenters. The summed E-state index contributed by atoms with van der Waals surface area (Å²) in [5.41, 5.74) is 4.79. The van der Waals surface area contributed by atoms with E-state index in [1.165, 1.54) is 22.3 Å². The van der Waals surface area contributed by atoms with Crippen LogP contribution < -0.4 is 10.6 Å². The topological polar surface area (TPSA) is 105 Å². The van der Waals surface area contributed by atoms with Gasteiger partial charge in [-0.3, -0.25) is 9.59 Å². The van der Waals surface area contributed by atoms with Crippen LogP contribution in [0.3, 0.4) is 0 Å². The Hall–Kier alpha value is -3.35. The van der Waals surface area contributed by atoms with E-state index in [1.54, 1.807) is 0 Å². The summed E-state index contributed by atoms with van der Waals surface area (Å²) < 4.78 is 5.59.